The molecule has 0 atom stereocenters. The molecule has 0 bridgehead atoms. The Balaban J connectivity index is 2.66. The Hall–Kier alpha value is -1.10. The maximum atomic E-state index is 12.2. The molecule has 1 amide bonds. The first-order valence-electron chi connectivity index (χ1n) is 6.20. The van der Waals surface area contributed by atoms with E-state index in [1.165, 1.54) is 0 Å². The van der Waals surface area contributed by atoms with Gasteiger partial charge in [-0.3, -0.25) is 4.79 Å². The van der Waals surface area contributed by atoms with Gasteiger partial charge >= 0.3 is 0 Å². The minimum atomic E-state index is -0.0755. The third kappa shape index (κ3) is 5.19. The molecule has 19 heavy (non-hydrogen) atoms. The van der Waals surface area contributed by atoms with Crippen LogP contribution in [0.3, 0.4) is 0 Å². The van der Waals surface area contributed by atoms with E-state index >= 15 is 0 Å². The zero-order chi connectivity index (χ0) is 14.3. The van der Waals surface area contributed by atoms with Crippen LogP contribution in [0.25, 0.3) is 0 Å². The standard InChI is InChI=1S/C14H20ClNO3/c1-11(2)16(13-6-4-12(15)5-7-13)14(17)10-19-9-8-18-3/h4-7,11H,8-10H2,1-3H3. The summed E-state index contributed by atoms with van der Waals surface area (Å²) in [6, 6.07) is 7.25. The molecule has 0 N–H and O–H groups in total. The van der Waals surface area contributed by atoms with Crippen molar-refractivity contribution in [3.63, 3.8) is 0 Å². The molecule has 0 heterocycles. The maximum absolute atomic E-state index is 12.2. The number of hydrogen-bond donors (Lipinski definition) is 0. The van der Waals surface area contributed by atoms with Crippen LogP contribution in [0.2, 0.25) is 5.02 Å². The molecule has 0 unspecified atom stereocenters. The molecule has 1 aromatic rings. The number of amides is 1. The summed E-state index contributed by atoms with van der Waals surface area (Å²) < 4.78 is 10.1. The average Bonchev–Trinajstić information content (AvgIpc) is 2.37. The van der Waals surface area contributed by atoms with E-state index in [2.05, 4.69) is 0 Å². The van der Waals surface area contributed by atoms with Gasteiger partial charge in [-0.1, -0.05) is 11.6 Å². The highest BCUT2D eigenvalue weighted by Gasteiger charge is 2.18. The number of anilines is 1. The largest absolute Gasteiger partial charge is 0.382 e. The third-order valence-corrected chi connectivity index (χ3v) is 2.80. The smallest absolute Gasteiger partial charge is 0.253 e. The zero-order valence-electron chi connectivity index (χ0n) is 11.6. The van der Waals surface area contributed by atoms with Gasteiger partial charge in [0.1, 0.15) is 6.61 Å². The van der Waals surface area contributed by atoms with E-state index in [1.54, 1.807) is 24.1 Å². The van der Waals surface area contributed by atoms with E-state index in [4.69, 9.17) is 21.1 Å². The molecule has 0 aliphatic carbocycles. The van der Waals surface area contributed by atoms with Crippen molar-refractivity contribution in [2.24, 2.45) is 0 Å². The van der Waals surface area contributed by atoms with E-state index in [0.717, 1.165) is 5.69 Å². The molecule has 0 radical (unpaired) electrons. The van der Waals surface area contributed by atoms with Gasteiger partial charge in [0.15, 0.2) is 0 Å². The molecule has 5 heteroatoms. The molecule has 106 valence electrons. The Labute approximate surface area is 119 Å². The van der Waals surface area contributed by atoms with Crippen molar-refractivity contribution in [2.75, 3.05) is 31.8 Å². The average molecular weight is 286 g/mol. The molecule has 1 rings (SSSR count). The van der Waals surface area contributed by atoms with E-state index in [0.29, 0.717) is 18.2 Å². The number of carbonyl (C=O) groups is 1. The van der Waals surface area contributed by atoms with E-state index < -0.39 is 0 Å². The fourth-order valence-electron chi connectivity index (χ4n) is 1.70. The van der Waals surface area contributed by atoms with Crippen molar-refractivity contribution >= 4 is 23.2 Å². The van der Waals surface area contributed by atoms with Crippen molar-refractivity contribution in [1.29, 1.82) is 0 Å². The highest BCUT2D eigenvalue weighted by Crippen LogP contribution is 2.20. The number of hydrogen-bond acceptors (Lipinski definition) is 3. The molecular formula is C14H20ClNO3. The number of carbonyl (C=O) groups excluding carboxylic acids is 1. The van der Waals surface area contributed by atoms with Crippen LogP contribution in [0, 0.1) is 0 Å². The van der Waals surface area contributed by atoms with Crippen molar-refractivity contribution in [2.45, 2.75) is 19.9 Å². The number of halogens is 1. The second-order valence-electron chi connectivity index (χ2n) is 4.38. The first-order valence-corrected chi connectivity index (χ1v) is 6.58. The second kappa shape index (κ2) is 8.15. The van der Waals surface area contributed by atoms with Crippen LogP contribution in [0.15, 0.2) is 24.3 Å². The molecule has 0 saturated carbocycles. The van der Waals surface area contributed by atoms with E-state index in [9.17, 15) is 4.79 Å². The summed E-state index contributed by atoms with van der Waals surface area (Å²) in [6.45, 7) is 4.86. The van der Waals surface area contributed by atoms with Gasteiger partial charge in [0.25, 0.3) is 5.91 Å². The van der Waals surface area contributed by atoms with Gasteiger partial charge in [0.2, 0.25) is 0 Å². The topological polar surface area (TPSA) is 38.8 Å². The number of methoxy groups -OCH3 is 1. The van der Waals surface area contributed by atoms with Crippen molar-refractivity contribution in [3.05, 3.63) is 29.3 Å². The van der Waals surface area contributed by atoms with Gasteiger partial charge in [-0.25, -0.2) is 0 Å². The Kier molecular flexibility index (Phi) is 6.84. The molecule has 4 nitrogen and oxygen atoms in total. The number of rotatable bonds is 7. The summed E-state index contributed by atoms with van der Waals surface area (Å²) in [5.41, 5.74) is 0.819. The Morgan fingerprint density at radius 2 is 1.89 bits per heavy atom. The minimum Gasteiger partial charge on any atom is -0.382 e. The summed E-state index contributed by atoms with van der Waals surface area (Å²) in [4.78, 5) is 13.9. The SMILES string of the molecule is COCCOCC(=O)N(c1ccc(Cl)cc1)C(C)C. The summed E-state index contributed by atoms with van der Waals surface area (Å²) in [7, 11) is 1.60. The van der Waals surface area contributed by atoms with Crippen LogP contribution < -0.4 is 4.90 Å². The van der Waals surface area contributed by atoms with Gasteiger partial charge in [0.05, 0.1) is 13.2 Å². The highest BCUT2D eigenvalue weighted by molar-refractivity contribution is 6.30. The molecular weight excluding hydrogens is 266 g/mol. The molecule has 0 fully saturated rings. The highest BCUT2D eigenvalue weighted by atomic mass is 35.5. The summed E-state index contributed by atoms with van der Waals surface area (Å²) in [5, 5.41) is 0.649. The van der Waals surface area contributed by atoms with Crippen LogP contribution in [0.1, 0.15) is 13.8 Å². The number of benzene rings is 1. The van der Waals surface area contributed by atoms with E-state index in [1.807, 2.05) is 26.0 Å². The molecule has 0 aliphatic heterocycles. The Morgan fingerprint density at radius 3 is 2.42 bits per heavy atom. The monoisotopic (exact) mass is 285 g/mol. The molecule has 0 spiro atoms. The van der Waals surface area contributed by atoms with Crippen LogP contribution in [-0.4, -0.2) is 38.9 Å². The van der Waals surface area contributed by atoms with Gasteiger partial charge in [-0.05, 0) is 38.1 Å². The summed E-state index contributed by atoms with van der Waals surface area (Å²) in [5.74, 6) is -0.0755. The molecule has 0 aliphatic rings. The van der Waals surface area contributed by atoms with Crippen LogP contribution >= 0.6 is 11.6 Å². The maximum Gasteiger partial charge on any atom is 0.253 e. The Bertz CT molecular complexity index is 392. The van der Waals surface area contributed by atoms with Crippen LogP contribution in [0.5, 0.6) is 0 Å². The predicted molar refractivity (Wildman–Crippen MR) is 76.8 cm³/mol. The van der Waals surface area contributed by atoms with Crippen LogP contribution in [-0.2, 0) is 14.3 Å². The number of nitrogens with zero attached hydrogens (tertiary/aromatic N) is 1. The Morgan fingerprint density at radius 1 is 1.26 bits per heavy atom. The fourth-order valence-corrected chi connectivity index (χ4v) is 1.83. The predicted octanol–water partition coefficient (Wildman–Crippen LogP) is 2.74. The lowest BCUT2D eigenvalue weighted by molar-refractivity contribution is -0.123. The third-order valence-electron chi connectivity index (χ3n) is 2.55. The number of ether oxygens (including phenoxy) is 2. The van der Waals surface area contributed by atoms with Gasteiger partial charge in [-0.15, -0.1) is 0 Å². The lowest BCUT2D eigenvalue weighted by Crippen LogP contribution is -2.39. The van der Waals surface area contributed by atoms with Crippen molar-refractivity contribution in [1.82, 2.24) is 0 Å². The first kappa shape index (κ1) is 16.0. The van der Waals surface area contributed by atoms with Crippen molar-refractivity contribution in [3.8, 4) is 0 Å². The quantitative estimate of drug-likeness (QED) is 0.723. The molecule has 0 aromatic heterocycles. The fraction of sp³-hybridized carbons (Fsp3) is 0.500. The van der Waals surface area contributed by atoms with Gasteiger partial charge in [0, 0.05) is 23.9 Å². The van der Waals surface area contributed by atoms with Crippen molar-refractivity contribution < 1.29 is 14.3 Å². The lowest BCUT2D eigenvalue weighted by atomic mass is 10.2. The summed E-state index contributed by atoms with van der Waals surface area (Å²) in [6.07, 6.45) is 0. The second-order valence-corrected chi connectivity index (χ2v) is 4.82. The van der Waals surface area contributed by atoms with Gasteiger partial charge < -0.3 is 14.4 Å². The van der Waals surface area contributed by atoms with Gasteiger partial charge in [-0.2, -0.15) is 0 Å². The van der Waals surface area contributed by atoms with E-state index in [-0.39, 0.29) is 18.6 Å². The lowest BCUT2D eigenvalue weighted by Gasteiger charge is -2.27. The van der Waals surface area contributed by atoms with Crippen LogP contribution in [0.4, 0.5) is 5.69 Å². The molecule has 1 aromatic carbocycles. The summed E-state index contributed by atoms with van der Waals surface area (Å²) >= 11 is 5.85. The zero-order valence-corrected chi connectivity index (χ0v) is 12.3. The minimum absolute atomic E-state index is 0.0458. The normalized spacial score (nSPS) is 10.8. The molecule has 0 saturated heterocycles. The first-order chi connectivity index (χ1) is 9.06.